The molecule has 2 aromatic rings. The van der Waals surface area contributed by atoms with Crippen molar-refractivity contribution in [3.63, 3.8) is 0 Å². The summed E-state index contributed by atoms with van der Waals surface area (Å²) >= 11 is 2.17. The number of carbonyl (C=O) groups is 1. The van der Waals surface area contributed by atoms with Gasteiger partial charge in [-0.05, 0) is 65.4 Å². The molecule has 104 valence electrons. The maximum atomic E-state index is 12.3. The number of halogens is 1. The topological polar surface area (TPSA) is 32.3 Å². The number of nitrogens with zero attached hydrogens (tertiary/aromatic N) is 1. The Morgan fingerprint density at radius 2 is 1.85 bits per heavy atom. The van der Waals surface area contributed by atoms with E-state index in [4.69, 9.17) is 0 Å². The smallest absolute Gasteiger partial charge is 0.256 e. The van der Waals surface area contributed by atoms with Crippen molar-refractivity contribution in [1.82, 2.24) is 0 Å². The number of anilines is 2. The van der Waals surface area contributed by atoms with Gasteiger partial charge in [0.25, 0.3) is 5.91 Å². The summed E-state index contributed by atoms with van der Waals surface area (Å²) in [5.74, 6) is -0.0734. The van der Waals surface area contributed by atoms with E-state index in [0.29, 0.717) is 5.56 Å². The lowest BCUT2D eigenvalue weighted by Gasteiger charge is -2.15. The van der Waals surface area contributed by atoms with Crippen molar-refractivity contribution in [3.05, 3.63) is 57.2 Å². The molecule has 0 saturated heterocycles. The van der Waals surface area contributed by atoms with Gasteiger partial charge in [0.2, 0.25) is 0 Å². The van der Waals surface area contributed by atoms with Gasteiger partial charge < -0.3 is 10.2 Å². The van der Waals surface area contributed by atoms with Gasteiger partial charge in [-0.3, -0.25) is 4.79 Å². The normalized spacial score (nSPS) is 10.2. The first-order valence-corrected chi connectivity index (χ1v) is 7.41. The molecule has 0 atom stereocenters. The summed E-state index contributed by atoms with van der Waals surface area (Å²) in [5.41, 5.74) is 3.72. The standard InChI is InChI=1S/C16H17IN2O/c1-11-10-12(19(2)3)8-9-15(11)18-16(20)13-6-4-5-7-14(13)17/h4-10H,1-3H3,(H,18,20). The molecule has 0 fully saturated rings. The van der Waals surface area contributed by atoms with Gasteiger partial charge in [-0.1, -0.05) is 12.1 Å². The summed E-state index contributed by atoms with van der Waals surface area (Å²) in [6, 6.07) is 13.6. The second kappa shape index (κ2) is 6.26. The summed E-state index contributed by atoms with van der Waals surface area (Å²) < 4.78 is 0.949. The Labute approximate surface area is 133 Å². The number of benzene rings is 2. The van der Waals surface area contributed by atoms with Crippen LogP contribution in [0.15, 0.2) is 42.5 Å². The van der Waals surface area contributed by atoms with Gasteiger partial charge in [0, 0.05) is 29.0 Å². The van der Waals surface area contributed by atoms with Crippen LogP contribution in [0.1, 0.15) is 15.9 Å². The van der Waals surface area contributed by atoms with Crippen LogP contribution in [0.3, 0.4) is 0 Å². The van der Waals surface area contributed by atoms with Crippen molar-refractivity contribution >= 4 is 39.9 Å². The summed E-state index contributed by atoms with van der Waals surface area (Å²) in [5, 5.41) is 2.97. The number of aryl methyl sites for hydroxylation is 1. The fourth-order valence-electron chi connectivity index (χ4n) is 1.90. The molecule has 1 N–H and O–H groups in total. The van der Waals surface area contributed by atoms with E-state index in [1.807, 2.05) is 62.3 Å². The number of carbonyl (C=O) groups excluding carboxylic acids is 1. The van der Waals surface area contributed by atoms with Gasteiger partial charge in [0.15, 0.2) is 0 Å². The van der Waals surface area contributed by atoms with Gasteiger partial charge in [0.05, 0.1) is 5.56 Å². The summed E-state index contributed by atoms with van der Waals surface area (Å²) in [6.07, 6.45) is 0. The minimum atomic E-state index is -0.0734. The highest BCUT2D eigenvalue weighted by Crippen LogP contribution is 2.22. The van der Waals surface area contributed by atoms with E-state index in [1.165, 1.54) is 0 Å². The minimum absolute atomic E-state index is 0.0734. The average Bonchev–Trinajstić information content (AvgIpc) is 2.41. The molecular weight excluding hydrogens is 363 g/mol. The molecule has 0 aliphatic heterocycles. The molecule has 3 nitrogen and oxygen atoms in total. The monoisotopic (exact) mass is 380 g/mol. The quantitative estimate of drug-likeness (QED) is 0.819. The molecule has 0 saturated carbocycles. The van der Waals surface area contributed by atoms with Crippen LogP contribution in [0.4, 0.5) is 11.4 Å². The van der Waals surface area contributed by atoms with Crippen LogP contribution in [-0.4, -0.2) is 20.0 Å². The molecule has 0 unspecified atom stereocenters. The van der Waals surface area contributed by atoms with E-state index in [0.717, 1.165) is 20.5 Å². The number of hydrogen-bond acceptors (Lipinski definition) is 2. The first-order chi connectivity index (χ1) is 9.49. The third kappa shape index (κ3) is 3.30. The molecule has 0 heterocycles. The molecule has 0 aliphatic rings. The molecule has 4 heteroatoms. The molecule has 0 bridgehead atoms. The zero-order valence-electron chi connectivity index (χ0n) is 11.8. The average molecular weight is 380 g/mol. The van der Waals surface area contributed by atoms with Crippen molar-refractivity contribution in [2.24, 2.45) is 0 Å². The zero-order valence-corrected chi connectivity index (χ0v) is 13.9. The van der Waals surface area contributed by atoms with Crippen LogP contribution in [-0.2, 0) is 0 Å². The number of rotatable bonds is 3. The Hall–Kier alpha value is -1.56. The predicted octanol–water partition coefficient (Wildman–Crippen LogP) is 3.92. The molecule has 0 aromatic heterocycles. The Bertz CT molecular complexity index is 638. The van der Waals surface area contributed by atoms with Gasteiger partial charge in [-0.2, -0.15) is 0 Å². The van der Waals surface area contributed by atoms with Crippen molar-refractivity contribution in [3.8, 4) is 0 Å². The van der Waals surface area contributed by atoms with Gasteiger partial charge in [-0.25, -0.2) is 0 Å². The number of amides is 1. The summed E-state index contributed by atoms with van der Waals surface area (Å²) in [6.45, 7) is 2.00. The van der Waals surface area contributed by atoms with E-state index in [9.17, 15) is 4.79 Å². The maximum Gasteiger partial charge on any atom is 0.256 e. The first kappa shape index (κ1) is 14.8. The van der Waals surface area contributed by atoms with Gasteiger partial charge in [-0.15, -0.1) is 0 Å². The molecule has 20 heavy (non-hydrogen) atoms. The Morgan fingerprint density at radius 1 is 1.15 bits per heavy atom. The Balaban J connectivity index is 2.22. The second-order valence-corrected chi connectivity index (χ2v) is 5.99. The van der Waals surface area contributed by atoms with Crippen LogP contribution < -0.4 is 10.2 Å². The molecule has 0 radical (unpaired) electrons. The molecule has 2 aromatic carbocycles. The van der Waals surface area contributed by atoms with E-state index >= 15 is 0 Å². The van der Waals surface area contributed by atoms with Crippen molar-refractivity contribution < 1.29 is 4.79 Å². The zero-order chi connectivity index (χ0) is 14.7. The Morgan fingerprint density at radius 3 is 2.45 bits per heavy atom. The fraction of sp³-hybridized carbons (Fsp3) is 0.188. The SMILES string of the molecule is Cc1cc(N(C)C)ccc1NC(=O)c1ccccc1I. The molecule has 0 spiro atoms. The summed E-state index contributed by atoms with van der Waals surface area (Å²) in [4.78, 5) is 14.3. The van der Waals surface area contributed by atoms with Crippen molar-refractivity contribution in [1.29, 1.82) is 0 Å². The lowest BCUT2D eigenvalue weighted by Crippen LogP contribution is -2.15. The Kier molecular flexibility index (Phi) is 4.65. The maximum absolute atomic E-state index is 12.3. The van der Waals surface area contributed by atoms with E-state index in [-0.39, 0.29) is 5.91 Å². The fourth-order valence-corrected chi connectivity index (χ4v) is 2.53. The van der Waals surface area contributed by atoms with Crippen LogP contribution >= 0.6 is 22.6 Å². The first-order valence-electron chi connectivity index (χ1n) is 6.33. The van der Waals surface area contributed by atoms with E-state index < -0.39 is 0 Å². The predicted molar refractivity (Wildman–Crippen MR) is 92.6 cm³/mol. The highest BCUT2D eigenvalue weighted by Gasteiger charge is 2.11. The largest absolute Gasteiger partial charge is 0.378 e. The van der Waals surface area contributed by atoms with Crippen molar-refractivity contribution in [2.45, 2.75) is 6.92 Å². The molecular formula is C16H17IN2O. The lowest BCUT2D eigenvalue weighted by atomic mass is 10.1. The number of hydrogen-bond donors (Lipinski definition) is 1. The minimum Gasteiger partial charge on any atom is -0.378 e. The highest BCUT2D eigenvalue weighted by atomic mass is 127. The lowest BCUT2D eigenvalue weighted by molar-refractivity contribution is 0.102. The van der Waals surface area contributed by atoms with Crippen LogP contribution in [0.25, 0.3) is 0 Å². The van der Waals surface area contributed by atoms with Crippen LogP contribution in [0.5, 0.6) is 0 Å². The van der Waals surface area contributed by atoms with E-state index in [1.54, 1.807) is 0 Å². The third-order valence-corrected chi connectivity index (χ3v) is 4.03. The highest BCUT2D eigenvalue weighted by molar-refractivity contribution is 14.1. The van der Waals surface area contributed by atoms with E-state index in [2.05, 4.69) is 34.0 Å². The van der Waals surface area contributed by atoms with Crippen LogP contribution in [0, 0.1) is 10.5 Å². The second-order valence-electron chi connectivity index (χ2n) is 4.83. The third-order valence-electron chi connectivity index (χ3n) is 3.09. The molecule has 2 rings (SSSR count). The van der Waals surface area contributed by atoms with Crippen LogP contribution in [0.2, 0.25) is 0 Å². The molecule has 1 amide bonds. The van der Waals surface area contributed by atoms with Gasteiger partial charge in [0.1, 0.15) is 0 Å². The number of nitrogens with one attached hydrogen (secondary N) is 1. The van der Waals surface area contributed by atoms with Gasteiger partial charge >= 0.3 is 0 Å². The summed E-state index contributed by atoms with van der Waals surface area (Å²) in [7, 11) is 4.00. The van der Waals surface area contributed by atoms with Crippen molar-refractivity contribution in [2.75, 3.05) is 24.3 Å². The molecule has 0 aliphatic carbocycles.